The number of rotatable bonds is 4. The molecule has 1 aromatic carbocycles. The Hall–Kier alpha value is -0.620. The minimum Gasteiger partial charge on any atom is -0.375 e. The van der Waals surface area contributed by atoms with Gasteiger partial charge in [-0.05, 0) is 24.1 Å². The maximum Gasteiger partial charge on any atom is 0.123 e. The SMILES string of the molecule is NNC(Cc1cccc(F)c1)C1CSCCO1. The summed E-state index contributed by atoms with van der Waals surface area (Å²) in [7, 11) is 0. The maximum atomic E-state index is 13.1. The Bertz CT molecular complexity index is 358. The van der Waals surface area contributed by atoms with Gasteiger partial charge in [0.2, 0.25) is 0 Å². The van der Waals surface area contributed by atoms with Gasteiger partial charge in [-0.25, -0.2) is 4.39 Å². The third-order valence-electron chi connectivity index (χ3n) is 2.85. The first-order valence-electron chi connectivity index (χ1n) is 5.69. The van der Waals surface area contributed by atoms with E-state index in [9.17, 15) is 4.39 Å². The molecule has 3 nitrogen and oxygen atoms in total. The fourth-order valence-electron chi connectivity index (χ4n) is 1.95. The van der Waals surface area contributed by atoms with Gasteiger partial charge in [-0.15, -0.1) is 0 Å². The quantitative estimate of drug-likeness (QED) is 0.630. The number of hydrogen-bond donors (Lipinski definition) is 2. The Morgan fingerprint density at radius 3 is 3.12 bits per heavy atom. The van der Waals surface area contributed by atoms with E-state index in [0.29, 0.717) is 6.42 Å². The fraction of sp³-hybridized carbons (Fsp3) is 0.500. The van der Waals surface area contributed by atoms with Gasteiger partial charge < -0.3 is 4.74 Å². The van der Waals surface area contributed by atoms with Crippen LogP contribution in [0.1, 0.15) is 5.56 Å². The van der Waals surface area contributed by atoms with Crippen molar-refractivity contribution >= 4 is 11.8 Å². The molecule has 1 aliphatic rings. The molecule has 2 atom stereocenters. The predicted molar refractivity (Wildman–Crippen MR) is 68.3 cm³/mol. The summed E-state index contributed by atoms with van der Waals surface area (Å²) >= 11 is 1.87. The van der Waals surface area contributed by atoms with E-state index >= 15 is 0 Å². The Labute approximate surface area is 105 Å². The molecule has 17 heavy (non-hydrogen) atoms. The second-order valence-corrected chi connectivity index (χ2v) is 5.24. The smallest absolute Gasteiger partial charge is 0.123 e. The molecule has 0 saturated carbocycles. The van der Waals surface area contributed by atoms with Crippen molar-refractivity contribution in [3.8, 4) is 0 Å². The monoisotopic (exact) mass is 256 g/mol. The number of nitrogens with two attached hydrogens (primary N) is 1. The summed E-state index contributed by atoms with van der Waals surface area (Å²) < 4.78 is 18.8. The maximum absolute atomic E-state index is 13.1. The van der Waals surface area contributed by atoms with E-state index in [4.69, 9.17) is 10.6 Å². The van der Waals surface area contributed by atoms with Gasteiger partial charge in [0.1, 0.15) is 5.82 Å². The van der Waals surface area contributed by atoms with Crippen LogP contribution in [0.3, 0.4) is 0 Å². The summed E-state index contributed by atoms with van der Waals surface area (Å²) in [5.41, 5.74) is 3.72. The molecule has 1 aliphatic heterocycles. The first-order chi connectivity index (χ1) is 8.29. The lowest BCUT2D eigenvalue weighted by Gasteiger charge is -2.29. The van der Waals surface area contributed by atoms with E-state index < -0.39 is 0 Å². The molecule has 94 valence electrons. The zero-order chi connectivity index (χ0) is 12.1. The highest BCUT2D eigenvalue weighted by Gasteiger charge is 2.24. The van der Waals surface area contributed by atoms with Crippen LogP contribution in [0.2, 0.25) is 0 Å². The molecule has 1 heterocycles. The second kappa shape index (κ2) is 6.35. The van der Waals surface area contributed by atoms with Crippen LogP contribution in [0.15, 0.2) is 24.3 Å². The van der Waals surface area contributed by atoms with E-state index in [0.717, 1.165) is 23.7 Å². The van der Waals surface area contributed by atoms with Gasteiger partial charge in [0.15, 0.2) is 0 Å². The number of hydrazine groups is 1. The highest BCUT2D eigenvalue weighted by molar-refractivity contribution is 7.99. The average Bonchev–Trinajstić information content (AvgIpc) is 2.37. The summed E-state index contributed by atoms with van der Waals surface area (Å²) in [5.74, 6) is 7.32. The molecular formula is C12H17FN2OS. The molecular weight excluding hydrogens is 239 g/mol. The van der Waals surface area contributed by atoms with Crippen molar-refractivity contribution in [2.75, 3.05) is 18.1 Å². The lowest BCUT2D eigenvalue weighted by Crippen LogP contribution is -2.49. The number of halogens is 1. The number of ether oxygens (including phenoxy) is 1. The molecule has 0 aliphatic carbocycles. The van der Waals surface area contributed by atoms with Crippen LogP contribution in [0.5, 0.6) is 0 Å². The zero-order valence-corrected chi connectivity index (χ0v) is 10.4. The summed E-state index contributed by atoms with van der Waals surface area (Å²) in [4.78, 5) is 0. The van der Waals surface area contributed by atoms with Gasteiger partial charge in [-0.2, -0.15) is 11.8 Å². The number of thioether (sulfide) groups is 1. The summed E-state index contributed by atoms with van der Waals surface area (Å²) in [6.45, 7) is 0.761. The molecule has 2 unspecified atom stereocenters. The first-order valence-corrected chi connectivity index (χ1v) is 6.85. The molecule has 1 fully saturated rings. The molecule has 1 saturated heterocycles. The topological polar surface area (TPSA) is 47.3 Å². The van der Waals surface area contributed by atoms with E-state index in [1.165, 1.54) is 6.07 Å². The molecule has 3 N–H and O–H groups in total. The molecule has 2 rings (SSSR count). The van der Waals surface area contributed by atoms with Crippen molar-refractivity contribution in [1.29, 1.82) is 0 Å². The van der Waals surface area contributed by atoms with E-state index in [1.54, 1.807) is 12.1 Å². The van der Waals surface area contributed by atoms with Gasteiger partial charge >= 0.3 is 0 Å². The van der Waals surface area contributed by atoms with Crippen LogP contribution >= 0.6 is 11.8 Å². The summed E-state index contributed by atoms with van der Waals surface area (Å²) in [5, 5.41) is 0. The highest BCUT2D eigenvalue weighted by Crippen LogP contribution is 2.18. The minimum absolute atomic E-state index is 0.0320. The van der Waals surface area contributed by atoms with E-state index in [1.807, 2.05) is 17.8 Å². The van der Waals surface area contributed by atoms with Gasteiger partial charge in [-0.3, -0.25) is 11.3 Å². The van der Waals surface area contributed by atoms with Crippen LogP contribution in [-0.2, 0) is 11.2 Å². The van der Waals surface area contributed by atoms with Gasteiger partial charge in [0, 0.05) is 11.5 Å². The van der Waals surface area contributed by atoms with Crippen LogP contribution < -0.4 is 11.3 Å². The zero-order valence-electron chi connectivity index (χ0n) is 9.56. The number of hydrogen-bond acceptors (Lipinski definition) is 4. The molecule has 1 aromatic rings. The Kier molecular flexibility index (Phi) is 4.79. The van der Waals surface area contributed by atoms with Crippen LogP contribution in [0, 0.1) is 5.82 Å². The molecule has 0 radical (unpaired) electrons. The Balaban J connectivity index is 1.98. The average molecular weight is 256 g/mol. The normalized spacial score (nSPS) is 22.4. The first kappa shape index (κ1) is 12.8. The van der Waals surface area contributed by atoms with Crippen molar-refractivity contribution in [3.63, 3.8) is 0 Å². The molecule has 0 bridgehead atoms. The second-order valence-electron chi connectivity index (χ2n) is 4.09. The molecule has 0 amide bonds. The van der Waals surface area contributed by atoms with Crippen molar-refractivity contribution in [2.45, 2.75) is 18.6 Å². The van der Waals surface area contributed by atoms with Crippen LogP contribution in [0.25, 0.3) is 0 Å². The lowest BCUT2D eigenvalue weighted by atomic mass is 10.0. The summed E-state index contributed by atoms with van der Waals surface area (Å²) in [6.07, 6.45) is 0.779. The number of nitrogens with one attached hydrogen (secondary N) is 1. The van der Waals surface area contributed by atoms with E-state index in [-0.39, 0.29) is 18.0 Å². The lowest BCUT2D eigenvalue weighted by molar-refractivity contribution is 0.0472. The van der Waals surface area contributed by atoms with Crippen LogP contribution in [-0.4, -0.2) is 30.3 Å². The predicted octanol–water partition coefficient (Wildman–Crippen LogP) is 1.33. The third-order valence-corrected chi connectivity index (χ3v) is 3.87. The third kappa shape index (κ3) is 3.67. The van der Waals surface area contributed by atoms with E-state index in [2.05, 4.69) is 5.43 Å². The number of benzene rings is 1. The standard InChI is InChI=1S/C12H17FN2OS/c13-10-3-1-2-9(6-10)7-11(15-14)12-8-17-5-4-16-12/h1-3,6,11-12,15H,4-5,7-8,14H2. The fourth-order valence-corrected chi connectivity index (χ4v) is 2.90. The highest BCUT2D eigenvalue weighted by atomic mass is 32.2. The van der Waals surface area contributed by atoms with Gasteiger partial charge in [-0.1, -0.05) is 12.1 Å². The Morgan fingerprint density at radius 2 is 2.47 bits per heavy atom. The van der Waals surface area contributed by atoms with Gasteiger partial charge in [0.05, 0.1) is 18.8 Å². The largest absolute Gasteiger partial charge is 0.375 e. The molecule has 5 heteroatoms. The van der Waals surface area contributed by atoms with Crippen LogP contribution in [0.4, 0.5) is 4.39 Å². The summed E-state index contributed by atoms with van der Waals surface area (Å²) in [6, 6.07) is 6.64. The molecule has 0 spiro atoms. The van der Waals surface area contributed by atoms with Crippen molar-refractivity contribution < 1.29 is 9.13 Å². The van der Waals surface area contributed by atoms with Gasteiger partial charge in [0.25, 0.3) is 0 Å². The van der Waals surface area contributed by atoms with Crippen molar-refractivity contribution in [1.82, 2.24) is 5.43 Å². The van der Waals surface area contributed by atoms with Crippen molar-refractivity contribution in [3.05, 3.63) is 35.6 Å². The minimum atomic E-state index is -0.211. The Morgan fingerprint density at radius 1 is 1.59 bits per heavy atom. The molecule has 0 aromatic heterocycles. The van der Waals surface area contributed by atoms with Crippen molar-refractivity contribution in [2.24, 2.45) is 5.84 Å².